The number of benzene rings is 2. The Bertz CT molecular complexity index is 750. The van der Waals surface area contributed by atoms with Crippen LogP contribution in [0.5, 0.6) is 0 Å². The molecule has 3 rings (SSSR count). The molecule has 0 saturated heterocycles. The molecule has 0 radical (unpaired) electrons. The molecule has 2 aromatic rings. The third-order valence-electron chi connectivity index (χ3n) is 3.41. The molecule has 1 aliphatic rings. The Kier molecular flexibility index (Phi) is 4.88. The number of nitrogens with one attached hydrogen (secondary N) is 1. The number of hydrogen-bond donors (Lipinski definition) is 1. The first-order valence-electron chi connectivity index (χ1n) is 7.09. The van der Waals surface area contributed by atoms with Crippen LogP contribution in [-0.2, 0) is 20.9 Å². The summed E-state index contributed by atoms with van der Waals surface area (Å²) in [5, 5.41) is 2.88. The quantitative estimate of drug-likeness (QED) is 0.852. The minimum absolute atomic E-state index is 0.0231. The van der Waals surface area contributed by atoms with E-state index in [1.807, 2.05) is 36.4 Å². The Morgan fingerprint density at radius 1 is 1.17 bits per heavy atom. The van der Waals surface area contributed by atoms with E-state index in [0.717, 1.165) is 16.1 Å². The Hall–Kier alpha value is -1.98. The van der Waals surface area contributed by atoms with Crippen LogP contribution in [0.2, 0.25) is 5.02 Å². The molecular formula is C17H14ClNO3S. The van der Waals surface area contributed by atoms with Crippen molar-refractivity contribution in [2.24, 2.45) is 0 Å². The molecule has 4 nitrogen and oxygen atoms in total. The second-order valence-corrected chi connectivity index (χ2v) is 6.70. The molecule has 1 N–H and O–H groups in total. The third-order valence-corrected chi connectivity index (χ3v) is 5.05. The smallest absolute Gasteiger partial charge is 0.307 e. The van der Waals surface area contributed by atoms with Crippen LogP contribution in [0.3, 0.4) is 0 Å². The van der Waals surface area contributed by atoms with E-state index < -0.39 is 11.2 Å². The first kappa shape index (κ1) is 15.9. The number of ether oxygens (including phenoxy) is 1. The topological polar surface area (TPSA) is 55.4 Å². The molecular weight excluding hydrogens is 334 g/mol. The van der Waals surface area contributed by atoms with Gasteiger partial charge >= 0.3 is 5.97 Å². The molecule has 0 spiro atoms. The van der Waals surface area contributed by atoms with E-state index in [1.165, 1.54) is 11.8 Å². The van der Waals surface area contributed by atoms with Crippen molar-refractivity contribution in [1.82, 2.24) is 0 Å². The van der Waals surface area contributed by atoms with Crippen molar-refractivity contribution in [3.05, 3.63) is 59.1 Å². The van der Waals surface area contributed by atoms with Gasteiger partial charge in [0.05, 0.1) is 17.4 Å². The van der Waals surface area contributed by atoms with E-state index in [-0.39, 0.29) is 18.9 Å². The Labute approximate surface area is 143 Å². The van der Waals surface area contributed by atoms with E-state index in [2.05, 4.69) is 5.32 Å². The summed E-state index contributed by atoms with van der Waals surface area (Å²) in [6.07, 6.45) is 0.0231. The Balaban J connectivity index is 1.58. The largest absolute Gasteiger partial charge is 0.461 e. The molecule has 1 heterocycles. The molecule has 118 valence electrons. The van der Waals surface area contributed by atoms with Crippen molar-refractivity contribution in [3.63, 3.8) is 0 Å². The average molecular weight is 348 g/mol. The van der Waals surface area contributed by atoms with Gasteiger partial charge in [-0.2, -0.15) is 0 Å². The SMILES string of the molecule is O=C(CC1Sc2ccccc2NC1=O)OCc1ccccc1Cl. The van der Waals surface area contributed by atoms with Crippen molar-refractivity contribution < 1.29 is 14.3 Å². The standard InChI is InChI=1S/C17H14ClNO3S/c18-12-6-2-1-5-11(12)10-22-16(20)9-15-17(21)19-13-7-3-4-8-14(13)23-15/h1-8,15H,9-10H2,(H,19,21). The number of esters is 1. The van der Waals surface area contributed by atoms with Crippen LogP contribution >= 0.6 is 23.4 Å². The van der Waals surface area contributed by atoms with Crippen molar-refractivity contribution >= 4 is 40.9 Å². The van der Waals surface area contributed by atoms with Crippen molar-refractivity contribution in [2.45, 2.75) is 23.2 Å². The molecule has 6 heteroatoms. The number of thioether (sulfide) groups is 1. The van der Waals surface area contributed by atoms with Gasteiger partial charge in [0.15, 0.2) is 0 Å². The van der Waals surface area contributed by atoms with Gasteiger partial charge in [0.2, 0.25) is 5.91 Å². The second kappa shape index (κ2) is 7.06. The zero-order chi connectivity index (χ0) is 16.2. The van der Waals surface area contributed by atoms with Crippen LogP contribution in [0.15, 0.2) is 53.4 Å². The Morgan fingerprint density at radius 2 is 1.91 bits per heavy atom. The van der Waals surface area contributed by atoms with E-state index in [0.29, 0.717) is 5.02 Å². The molecule has 0 aliphatic carbocycles. The summed E-state index contributed by atoms with van der Waals surface area (Å²) in [7, 11) is 0. The maximum atomic E-state index is 12.1. The number of amides is 1. The number of carbonyl (C=O) groups is 2. The average Bonchev–Trinajstić information content (AvgIpc) is 2.55. The molecule has 0 aromatic heterocycles. The first-order valence-corrected chi connectivity index (χ1v) is 8.35. The molecule has 1 unspecified atom stereocenters. The van der Waals surface area contributed by atoms with Crippen LogP contribution in [0.1, 0.15) is 12.0 Å². The molecule has 1 aliphatic heterocycles. The fraction of sp³-hybridized carbons (Fsp3) is 0.176. The summed E-state index contributed by atoms with van der Waals surface area (Å²) >= 11 is 7.40. The predicted molar refractivity (Wildman–Crippen MR) is 90.6 cm³/mol. The van der Waals surface area contributed by atoms with E-state index >= 15 is 0 Å². The van der Waals surface area contributed by atoms with Gasteiger partial charge in [0, 0.05) is 15.5 Å². The van der Waals surface area contributed by atoms with Crippen molar-refractivity contribution in [3.8, 4) is 0 Å². The maximum Gasteiger partial charge on any atom is 0.307 e. The second-order valence-electron chi connectivity index (χ2n) is 5.05. The highest BCUT2D eigenvalue weighted by Crippen LogP contribution is 2.36. The lowest BCUT2D eigenvalue weighted by Gasteiger charge is -2.23. The molecule has 1 atom stereocenters. The number of para-hydroxylation sites is 1. The number of anilines is 1. The van der Waals surface area contributed by atoms with Gasteiger partial charge in [-0.25, -0.2) is 0 Å². The molecule has 2 aromatic carbocycles. The zero-order valence-electron chi connectivity index (χ0n) is 12.1. The monoisotopic (exact) mass is 347 g/mol. The lowest BCUT2D eigenvalue weighted by atomic mass is 10.2. The van der Waals surface area contributed by atoms with Crippen LogP contribution in [0.25, 0.3) is 0 Å². The van der Waals surface area contributed by atoms with Gasteiger partial charge in [0.25, 0.3) is 0 Å². The summed E-state index contributed by atoms with van der Waals surface area (Å²) < 4.78 is 5.23. The minimum Gasteiger partial charge on any atom is -0.461 e. The number of rotatable bonds is 4. The zero-order valence-corrected chi connectivity index (χ0v) is 13.7. The summed E-state index contributed by atoms with van der Waals surface area (Å²) in [4.78, 5) is 25.0. The highest BCUT2D eigenvalue weighted by atomic mass is 35.5. The molecule has 1 amide bonds. The summed E-state index contributed by atoms with van der Waals surface area (Å²) in [6.45, 7) is 0.105. The van der Waals surface area contributed by atoms with Gasteiger partial charge in [0.1, 0.15) is 6.61 Å². The highest BCUT2D eigenvalue weighted by Gasteiger charge is 2.29. The number of halogens is 1. The molecule has 0 bridgehead atoms. The number of fused-ring (bicyclic) bond motifs is 1. The van der Waals surface area contributed by atoms with Crippen molar-refractivity contribution in [2.75, 3.05) is 5.32 Å². The normalized spacial score (nSPS) is 16.4. The third kappa shape index (κ3) is 3.86. The highest BCUT2D eigenvalue weighted by molar-refractivity contribution is 8.01. The summed E-state index contributed by atoms with van der Waals surface area (Å²) in [5.74, 6) is -0.597. The lowest BCUT2D eigenvalue weighted by molar-refractivity contribution is -0.145. The van der Waals surface area contributed by atoms with Gasteiger partial charge in [-0.3, -0.25) is 9.59 Å². The van der Waals surface area contributed by atoms with E-state index in [4.69, 9.17) is 16.3 Å². The fourth-order valence-electron chi connectivity index (χ4n) is 2.21. The van der Waals surface area contributed by atoms with E-state index in [9.17, 15) is 9.59 Å². The van der Waals surface area contributed by atoms with Crippen LogP contribution < -0.4 is 5.32 Å². The van der Waals surface area contributed by atoms with Crippen molar-refractivity contribution in [1.29, 1.82) is 0 Å². The maximum absolute atomic E-state index is 12.1. The molecule has 0 saturated carbocycles. The van der Waals surface area contributed by atoms with Crippen LogP contribution in [0.4, 0.5) is 5.69 Å². The van der Waals surface area contributed by atoms with Gasteiger partial charge < -0.3 is 10.1 Å². The predicted octanol–water partition coefficient (Wildman–Crippen LogP) is 3.89. The van der Waals surface area contributed by atoms with Gasteiger partial charge in [-0.05, 0) is 18.2 Å². The van der Waals surface area contributed by atoms with E-state index in [1.54, 1.807) is 12.1 Å². The number of hydrogen-bond acceptors (Lipinski definition) is 4. The summed E-state index contributed by atoms with van der Waals surface area (Å²) in [5.41, 5.74) is 1.52. The first-order chi connectivity index (χ1) is 11.1. The minimum atomic E-state index is -0.483. The molecule has 0 fully saturated rings. The Morgan fingerprint density at radius 3 is 2.74 bits per heavy atom. The van der Waals surface area contributed by atoms with Crippen LogP contribution in [-0.4, -0.2) is 17.1 Å². The van der Waals surface area contributed by atoms with Gasteiger partial charge in [-0.15, -0.1) is 11.8 Å². The van der Waals surface area contributed by atoms with Crippen LogP contribution in [0, 0.1) is 0 Å². The summed E-state index contributed by atoms with van der Waals surface area (Å²) in [6, 6.07) is 14.7. The number of carbonyl (C=O) groups excluding carboxylic acids is 2. The lowest BCUT2D eigenvalue weighted by Crippen LogP contribution is -2.31. The van der Waals surface area contributed by atoms with Gasteiger partial charge in [-0.1, -0.05) is 41.9 Å². The molecule has 23 heavy (non-hydrogen) atoms. The fourth-order valence-corrected chi connectivity index (χ4v) is 3.50.